The third kappa shape index (κ3) is 2.12. The molecule has 1 aromatic rings. The standard InChI is InChI=1S/C11H12Cl3N/c1-11(2-3-15-6-11)7-4-8(12)10(14)9(13)5-7/h4-5,15H,2-3,6H2,1H3. The Labute approximate surface area is 105 Å². The Morgan fingerprint density at radius 3 is 2.27 bits per heavy atom. The lowest BCUT2D eigenvalue weighted by molar-refractivity contribution is 0.525. The van der Waals surface area contributed by atoms with Crippen molar-refractivity contribution in [2.75, 3.05) is 13.1 Å². The van der Waals surface area contributed by atoms with Crippen LogP contribution in [0.25, 0.3) is 0 Å². The fraction of sp³-hybridized carbons (Fsp3) is 0.455. The van der Waals surface area contributed by atoms with Crippen molar-refractivity contribution in [3.63, 3.8) is 0 Å². The lowest BCUT2D eigenvalue weighted by atomic mass is 9.82. The summed E-state index contributed by atoms with van der Waals surface area (Å²) in [7, 11) is 0. The van der Waals surface area contributed by atoms with E-state index in [0.717, 1.165) is 25.1 Å². The van der Waals surface area contributed by atoms with E-state index < -0.39 is 0 Å². The average molecular weight is 265 g/mol. The highest BCUT2D eigenvalue weighted by atomic mass is 35.5. The van der Waals surface area contributed by atoms with Crippen LogP contribution >= 0.6 is 34.8 Å². The van der Waals surface area contributed by atoms with Crippen LogP contribution in [0.1, 0.15) is 18.9 Å². The van der Waals surface area contributed by atoms with Gasteiger partial charge in [0, 0.05) is 12.0 Å². The van der Waals surface area contributed by atoms with E-state index in [4.69, 9.17) is 34.8 Å². The fourth-order valence-electron chi connectivity index (χ4n) is 1.97. The first kappa shape index (κ1) is 11.5. The molecule has 0 amide bonds. The van der Waals surface area contributed by atoms with Crippen LogP contribution in [-0.4, -0.2) is 13.1 Å². The summed E-state index contributed by atoms with van der Waals surface area (Å²) < 4.78 is 0. The van der Waals surface area contributed by atoms with E-state index in [-0.39, 0.29) is 5.41 Å². The molecule has 0 saturated carbocycles. The smallest absolute Gasteiger partial charge is 0.0778 e. The molecule has 1 fully saturated rings. The fourth-order valence-corrected chi connectivity index (χ4v) is 2.56. The first-order valence-corrected chi connectivity index (χ1v) is 6.02. The van der Waals surface area contributed by atoms with Gasteiger partial charge in [-0.1, -0.05) is 41.7 Å². The van der Waals surface area contributed by atoms with E-state index in [0.29, 0.717) is 15.1 Å². The molecule has 82 valence electrons. The second-order valence-corrected chi connectivity index (χ2v) is 5.43. The molecule has 1 aliphatic rings. The van der Waals surface area contributed by atoms with Gasteiger partial charge in [0.15, 0.2) is 0 Å². The highest BCUT2D eigenvalue weighted by Crippen LogP contribution is 2.37. The summed E-state index contributed by atoms with van der Waals surface area (Å²) in [5.74, 6) is 0. The van der Waals surface area contributed by atoms with Gasteiger partial charge in [0.25, 0.3) is 0 Å². The van der Waals surface area contributed by atoms with Gasteiger partial charge in [-0.25, -0.2) is 0 Å². The van der Waals surface area contributed by atoms with Crippen molar-refractivity contribution in [2.45, 2.75) is 18.8 Å². The minimum absolute atomic E-state index is 0.123. The molecule has 1 N–H and O–H groups in total. The van der Waals surface area contributed by atoms with E-state index in [1.54, 1.807) is 0 Å². The maximum Gasteiger partial charge on any atom is 0.0778 e. The van der Waals surface area contributed by atoms with Gasteiger partial charge in [0.1, 0.15) is 0 Å². The van der Waals surface area contributed by atoms with Gasteiger partial charge in [0.05, 0.1) is 15.1 Å². The predicted molar refractivity (Wildman–Crippen MR) is 66.3 cm³/mol. The quantitative estimate of drug-likeness (QED) is 0.759. The Bertz CT molecular complexity index is 360. The summed E-state index contributed by atoms with van der Waals surface area (Å²) >= 11 is 18.0. The lowest BCUT2D eigenvalue weighted by Crippen LogP contribution is -2.24. The van der Waals surface area contributed by atoms with E-state index in [1.807, 2.05) is 12.1 Å². The summed E-state index contributed by atoms with van der Waals surface area (Å²) in [5.41, 5.74) is 1.28. The topological polar surface area (TPSA) is 12.0 Å². The van der Waals surface area contributed by atoms with Crippen molar-refractivity contribution in [3.8, 4) is 0 Å². The molecule has 0 aromatic heterocycles. The minimum Gasteiger partial charge on any atom is -0.316 e. The Morgan fingerprint density at radius 2 is 1.80 bits per heavy atom. The molecule has 1 unspecified atom stereocenters. The second kappa shape index (κ2) is 4.14. The van der Waals surface area contributed by atoms with Gasteiger partial charge in [0.2, 0.25) is 0 Å². The van der Waals surface area contributed by atoms with Crippen LogP contribution in [0.5, 0.6) is 0 Å². The van der Waals surface area contributed by atoms with Gasteiger partial charge < -0.3 is 5.32 Å². The van der Waals surface area contributed by atoms with Crippen molar-refractivity contribution in [3.05, 3.63) is 32.8 Å². The zero-order chi connectivity index (χ0) is 11.1. The molecule has 2 rings (SSSR count). The number of halogens is 3. The van der Waals surface area contributed by atoms with E-state index in [1.165, 1.54) is 0 Å². The SMILES string of the molecule is CC1(c2cc(Cl)c(Cl)c(Cl)c2)CCNC1. The summed E-state index contributed by atoms with van der Waals surface area (Å²) in [6.45, 7) is 4.21. The van der Waals surface area contributed by atoms with Gasteiger partial charge in [-0.15, -0.1) is 0 Å². The summed E-state index contributed by atoms with van der Waals surface area (Å²) in [5, 5.41) is 4.86. The third-order valence-corrected chi connectivity index (χ3v) is 4.25. The Hall–Kier alpha value is 0.0500. The highest BCUT2D eigenvalue weighted by Gasteiger charge is 2.31. The Morgan fingerprint density at radius 1 is 1.20 bits per heavy atom. The monoisotopic (exact) mass is 263 g/mol. The van der Waals surface area contributed by atoms with Crippen molar-refractivity contribution in [1.29, 1.82) is 0 Å². The van der Waals surface area contributed by atoms with Crippen LogP contribution in [0.15, 0.2) is 12.1 Å². The number of benzene rings is 1. The van der Waals surface area contributed by atoms with Crippen LogP contribution in [0.3, 0.4) is 0 Å². The summed E-state index contributed by atoms with van der Waals surface area (Å²) in [4.78, 5) is 0. The average Bonchev–Trinajstić information content (AvgIpc) is 2.62. The lowest BCUT2D eigenvalue weighted by Gasteiger charge is -2.24. The zero-order valence-electron chi connectivity index (χ0n) is 8.41. The molecule has 1 atom stereocenters. The summed E-state index contributed by atoms with van der Waals surface area (Å²) in [6.07, 6.45) is 1.10. The maximum atomic E-state index is 6.02. The van der Waals surface area contributed by atoms with Crippen molar-refractivity contribution in [2.24, 2.45) is 0 Å². The van der Waals surface area contributed by atoms with E-state index in [2.05, 4.69) is 12.2 Å². The molecule has 1 heterocycles. The van der Waals surface area contributed by atoms with Gasteiger partial charge in [-0.3, -0.25) is 0 Å². The van der Waals surface area contributed by atoms with Gasteiger partial charge >= 0.3 is 0 Å². The maximum absolute atomic E-state index is 6.02. The number of nitrogens with one attached hydrogen (secondary N) is 1. The molecular formula is C11H12Cl3N. The number of rotatable bonds is 1. The summed E-state index contributed by atoms with van der Waals surface area (Å²) in [6, 6.07) is 3.84. The first-order chi connectivity index (χ1) is 7.03. The third-order valence-electron chi connectivity index (χ3n) is 3.05. The van der Waals surface area contributed by atoms with E-state index >= 15 is 0 Å². The molecule has 1 aromatic carbocycles. The molecule has 4 heteroatoms. The molecule has 0 spiro atoms. The van der Waals surface area contributed by atoms with E-state index in [9.17, 15) is 0 Å². The van der Waals surface area contributed by atoms with Gasteiger partial charge in [-0.05, 0) is 30.7 Å². The number of hydrogen-bond acceptors (Lipinski definition) is 1. The van der Waals surface area contributed by atoms with Crippen molar-refractivity contribution < 1.29 is 0 Å². The highest BCUT2D eigenvalue weighted by molar-refractivity contribution is 6.48. The molecule has 1 nitrogen and oxygen atoms in total. The molecular weight excluding hydrogens is 252 g/mol. The normalized spacial score (nSPS) is 25.9. The number of hydrogen-bond donors (Lipinski definition) is 1. The van der Waals surface area contributed by atoms with Crippen LogP contribution in [0, 0.1) is 0 Å². The van der Waals surface area contributed by atoms with Gasteiger partial charge in [-0.2, -0.15) is 0 Å². The molecule has 0 radical (unpaired) electrons. The zero-order valence-corrected chi connectivity index (χ0v) is 10.7. The molecule has 1 aliphatic heterocycles. The minimum atomic E-state index is 0.123. The molecule has 1 saturated heterocycles. The van der Waals surface area contributed by atoms with Crippen molar-refractivity contribution >= 4 is 34.8 Å². The van der Waals surface area contributed by atoms with Crippen LogP contribution < -0.4 is 5.32 Å². The second-order valence-electron chi connectivity index (χ2n) is 4.24. The predicted octanol–water partition coefficient (Wildman–Crippen LogP) is 3.90. The molecule has 15 heavy (non-hydrogen) atoms. The molecule has 0 bridgehead atoms. The van der Waals surface area contributed by atoms with Crippen LogP contribution in [-0.2, 0) is 5.41 Å². The molecule has 0 aliphatic carbocycles. The van der Waals surface area contributed by atoms with Crippen LogP contribution in [0.4, 0.5) is 0 Å². The van der Waals surface area contributed by atoms with Crippen molar-refractivity contribution in [1.82, 2.24) is 5.32 Å². The Kier molecular flexibility index (Phi) is 3.18. The first-order valence-electron chi connectivity index (χ1n) is 4.89. The largest absolute Gasteiger partial charge is 0.316 e. The van der Waals surface area contributed by atoms with Crippen LogP contribution in [0.2, 0.25) is 15.1 Å². The Balaban J connectivity index is 2.45.